The minimum Gasteiger partial charge on any atom is -0.481 e. The second kappa shape index (κ2) is 7.45. The molecule has 0 fully saturated rings. The van der Waals surface area contributed by atoms with E-state index in [9.17, 15) is 9.18 Å². The van der Waals surface area contributed by atoms with Crippen LogP contribution >= 0.6 is 0 Å². The van der Waals surface area contributed by atoms with Crippen LogP contribution in [0.1, 0.15) is 11.8 Å². The third-order valence-electron chi connectivity index (χ3n) is 3.40. The van der Waals surface area contributed by atoms with E-state index >= 15 is 0 Å². The average Bonchev–Trinajstić information content (AvgIpc) is 3.28. The molecular formula is C17H16FN3O3. The molecular weight excluding hydrogens is 313 g/mol. The molecule has 0 radical (unpaired) electrons. The van der Waals surface area contributed by atoms with Gasteiger partial charge in [0.25, 0.3) is 5.91 Å². The number of amides is 1. The Morgan fingerprint density at radius 1 is 1.29 bits per heavy atom. The first kappa shape index (κ1) is 15.8. The summed E-state index contributed by atoms with van der Waals surface area (Å²) in [6.07, 6.45) is 5.00. The summed E-state index contributed by atoms with van der Waals surface area (Å²) in [4.78, 5) is 12.0. The van der Waals surface area contributed by atoms with Crippen LogP contribution in [0.3, 0.4) is 0 Å². The fourth-order valence-electron chi connectivity index (χ4n) is 2.24. The number of furan rings is 1. The summed E-state index contributed by atoms with van der Waals surface area (Å²) < 4.78 is 25.7. The van der Waals surface area contributed by atoms with Gasteiger partial charge in [0.15, 0.2) is 18.2 Å². The predicted molar refractivity (Wildman–Crippen MR) is 84.0 cm³/mol. The summed E-state index contributed by atoms with van der Waals surface area (Å²) >= 11 is 0. The van der Waals surface area contributed by atoms with Gasteiger partial charge in [-0.2, -0.15) is 5.10 Å². The molecule has 2 heterocycles. The van der Waals surface area contributed by atoms with Gasteiger partial charge < -0.3 is 14.5 Å². The van der Waals surface area contributed by atoms with E-state index in [1.54, 1.807) is 47.6 Å². The number of nitrogens with one attached hydrogen (secondary N) is 1. The number of hydrogen-bond donors (Lipinski definition) is 1. The number of rotatable bonds is 7. The highest BCUT2D eigenvalue weighted by Crippen LogP contribution is 2.17. The Bertz CT molecular complexity index is 738. The number of carbonyl (C=O) groups excluding carboxylic acids is 1. The lowest BCUT2D eigenvalue weighted by atomic mass is 10.2. The highest BCUT2D eigenvalue weighted by molar-refractivity contribution is 5.77. The van der Waals surface area contributed by atoms with Crippen LogP contribution in [0.2, 0.25) is 0 Å². The Labute approximate surface area is 137 Å². The third kappa shape index (κ3) is 3.81. The summed E-state index contributed by atoms with van der Waals surface area (Å²) in [5, 5.41) is 6.92. The van der Waals surface area contributed by atoms with Gasteiger partial charge in [-0.25, -0.2) is 4.39 Å². The fraction of sp³-hybridized carbons (Fsp3) is 0.176. The first-order valence-corrected chi connectivity index (χ1v) is 7.40. The molecule has 0 saturated heterocycles. The van der Waals surface area contributed by atoms with Crippen LogP contribution in [0.25, 0.3) is 0 Å². The zero-order chi connectivity index (χ0) is 16.8. The number of nitrogens with zero attached hydrogens (tertiary/aromatic N) is 2. The molecule has 3 aromatic rings. The normalized spacial score (nSPS) is 11.9. The van der Waals surface area contributed by atoms with Crippen molar-refractivity contribution in [3.05, 3.63) is 72.7 Å². The van der Waals surface area contributed by atoms with Gasteiger partial charge in [-0.05, 0) is 30.3 Å². The Hall–Kier alpha value is -3.09. The van der Waals surface area contributed by atoms with Gasteiger partial charge in [0.05, 0.1) is 6.26 Å². The van der Waals surface area contributed by atoms with Gasteiger partial charge in [-0.3, -0.25) is 9.48 Å². The van der Waals surface area contributed by atoms with E-state index in [0.717, 1.165) is 0 Å². The van der Waals surface area contributed by atoms with Crippen LogP contribution in [-0.4, -0.2) is 28.8 Å². The third-order valence-corrected chi connectivity index (χ3v) is 3.40. The zero-order valence-electron chi connectivity index (χ0n) is 12.8. The van der Waals surface area contributed by atoms with Crippen molar-refractivity contribution in [1.29, 1.82) is 0 Å². The highest BCUT2D eigenvalue weighted by Gasteiger charge is 2.18. The molecule has 0 aliphatic heterocycles. The van der Waals surface area contributed by atoms with E-state index in [1.165, 1.54) is 12.1 Å². The molecule has 124 valence electrons. The number of benzene rings is 1. The van der Waals surface area contributed by atoms with Crippen molar-refractivity contribution >= 4 is 5.91 Å². The average molecular weight is 329 g/mol. The fourth-order valence-corrected chi connectivity index (χ4v) is 2.24. The van der Waals surface area contributed by atoms with Crippen molar-refractivity contribution < 1.29 is 18.3 Å². The van der Waals surface area contributed by atoms with Crippen molar-refractivity contribution in [2.24, 2.45) is 0 Å². The summed E-state index contributed by atoms with van der Waals surface area (Å²) in [5.74, 6) is -0.145. The van der Waals surface area contributed by atoms with Crippen LogP contribution in [0.4, 0.5) is 4.39 Å². The Kier molecular flexibility index (Phi) is 4.90. The van der Waals surface area contributed by atoms with E-state index in [2.05, 4.69) is 10.4 Å². The van der Waals surface area contributed by atoms with E-state index in [0.29, 0.717) is 5.76 Å². The summed E-state index contributed by atoms with van der Waals surface area (Å²) in [6, 6.07) is 11.0. The first-order valence-electron chi connectivity index (χ1n) is 7.40. The minimum atomic E-state index is -0.504. The van der Waals surface area contributed by atoms with Crippen molar-refractivity contribution in [3.8, 4) is 5.75 Å². The highest BCUT2D eigenvalue weighted by atomic mass is 19.1. The maximum Gasteiger partial charge on any atom is 0.258 e. The monoisotopic (exact) mass is 329 g/mol. The maximum atomic E-state index is 13.4. The summed E-state index contributed by atoms with van der Waals surface area (Å²) in [7, 11) is 0. The topological polar surface area (TPSA) is 69.3 Å². The SMILES string of the molecule is O=C(COc1ccccc1F)NCC(c1ccco1)n1cccn1. The molecule has 0 aliphatic carbocycles. The molecule has 1 aromatic carbocycles. The Balaban J connectivity index is 1.57. The number of hydrogen-bond acceptors (Lipinski definition) is 4. The Morgan fingerprint density at radius 3 is 2.88 bits per heavy atom. The van der Waals surface area contributed by atoms with E-state index < -0.39 is 5.82 Å². The molecule has 0 saturated carbocycles. The maximum absolute atomic E-state index is 13.4. The molecule has 1 unspecified atom stereocenters. The van der Waals surface area contributed by atoms with Crippen LogP contribution in [0.15, 0.2) is 65.5 Å². The van der Waals surface area contributed by atoms with Gasteiger partial charge in [0, 0.05) is 18.9 Å². The van der Waals surface area contributed by atoms with Gasteiger partial charge in [-0.15, -0.1) is 0 Å². The second-order valence-electron chi connectivity index (χ2n) is 5.04. The molecule has 2 aromatic heterocycles. The second-order valence-corrected chi connectivity index (χ2v) is 5.04. The van der Waals surface area contributed by atoms with Crippen LogP contribution in [0, 0.1) is 5.82 Å². The van der Waals surface area contributed by atoms with Crippen molar-refractivity contribution in [1.82, 2.24) is 15.1 Å². The quantitative estimate of drug-likeness (QED) is 0.723. The number of para-hydroxylation sites is 1. The molecule has 1 N–H and O–H groups in total. The van der Waals surface area contributed by atoms with Gasteiger partial charge >= 0.3 is 0 Å². The smallest absolute Gasteiger partial charge is 0.258 e. The molecule has 1 amide bonds. The number of halogens is 1. The lowest BCUT2D eigenvalue weighted by molar-refractivity contribution is -0.123. The van der Waals surface area contributed by atoms with Crippen LogP contribution in [0.5, 0.6) is 5.75 Å². The lowest BCUT2D eigenvalue weighted by Gasteiger charge is -2.16. The van der Waals surface area contributed by atoms with Crippen molar-refractivity contribution in [3.63, 3.8) is 0 Å². The van der Waals surface area contributed by atoms with Crippen molar-refractivity contribution in [2.45, 2.75) is 6.04 Å². The summed E-state index contributed by atoms with van der Waals surface area (Å²) in [5.41, 5.74) is 0. The van der Waals surface area contributed by atoms with Crippen LogP contribution < -0.4 is 10.1 Å². The molecule has 0 aliphatic rings. The number of ether oxygens (including phenoxy) is 1. The summed E-state index contributed by atoms with van der Waals surface area (Å²) in [6.45, 7) is -0.000423. The molecule has 0 bridgehead atoms. The van der Waals surface area contributed by atoms with E-state index in [-0.39, 0.29) is 30.9 Å². The van der Waals surface area contributed by atoms with Gasteiger partial charge in [-0.1, -0.05) is 12.1 Å². The van der Waals surface area contributed by atoms with E-state index in [1.807, 2.05) is 6.07 Å². The van der Waals surface area contributed by atoms with E-state index in [4.69, 9.17) is 9.15 Å². The molecule has 7 heteroatoms. The molecule has 1 atom stereocenters. The number of aromatic nitrogens is 2. The van der Waals surface area contributed by atoms with Gasteiger partial charge in [0.2, 0.25) is 0 Å². The number of carbonyl (C=O) groups is 1. The molecule has 24 heavy (non-hydrogen) atoms. The Morgan fingerprint density at radius 2 is 2.17 bits per heavy atom. The molecule has 6 nitrogen and oxygen atoms in total. The first-order chi connectivity index (χ1) is 11.7. The standard InChI is InChI=1S/C17H16FN3O3/c18-13-5-1-2-6-15(13)24-12-17(22)19-11-14(16-7-3-10-23-16)21-9-4-8-20-21/h1-10,14H,11-12H2,(H,19,22). The lowest BCUT2D eigenvalue weighted by Crippen LogP contribution is -2.34. The van der Waals surface area contributed by atoms with Gasteiger partial charge in [0.1, 0.15) is 11.8 Å². The molecule has 3 rings (SSSR count). The van der Waals surface area contributed by atoms with Crippen molar-refractivity contribution in [2.75, 3.05) is 13.2 Å². The predicted octanol–water partition coefficient (Wildman–Crippen LogP) is 2.40. The molecule has 0 spiro atoms. The zero-order valence-corrected chi connectivity index (χ0v) is 12.8. The minimum absolute atomic E-state index is 0.0438. The van der Waals surface area contributed by atoms with Crippen LogP contribution in [-0.2, 0) is 4.79 Å². The largest absolute Gasteiger partial charge is 0.481 e.